The topological polar surface area (TPSA) is 81.9 Å². The SMILES string of the molecule is O=C(COc1ccccc1Cl)Nc1cc(-n2ccnc2)ncn1. The maximum Gasteiger partial charge on any atom is 0.263 e. The highest BCUT2D eigenvalue weighted by Gasteiger charge is 2.08. The predicted octanol–water partition coefficient (Wildman–Crippen LogP) is 2.33. The Morgan fingerprint density at radius 1 is 1.30 bits per heavy atom. The zero-order valence-electron chi connectivity index (χ0n) is 11.9. The predicted molar refractivity (Wildman–Crippen MR) is 84.7 cm³/mol. The summed E-state index contributed by atoms with van der Waals surface area (Å²) >= 11 is 5.96. The number of rotatable bonds is 5. The van der Waals surface area contributed by atoms with Crippen molar-refractivity contribution < 1.29 is 9.53 Å². The summed E-state index contributed by atoms with van der Waals surface area (Å²) < 4.78 is 7.08. The van der Waals surface area contributed by atoms with E-state index in [1.807, 2.05) is 0 Å². The Hall–Kier alpha value is -2.93. The third-order valence-electron chi connectivity index (χ3n) is 2.88. The summed E-state index contributed by atoms with van der Waals surface area (Å²) in [4.78, 5) is 24.0. The van der Waals surface area contributed by atoms with E-state index in [-0.39, 0.29) is 12.5 Å². The Balaban J connectivity index is 1.62. The van der Waals surface area contributed by atoms with Crippen molar-refractivity contribution in [3.8, 4) is 11.6 Å². The van der Waals surface area contributed by atoms with Crippen LogP contribution in [-0.4, -0.2) is 32.0 Å². The van der Waals surface area contributed by atoms with Crippen LogP contribution < -0.4 is 10.1 Å². The van der Waals surface area contributed by atoms with Gasteiger partial charge in [-0.15, -0.1) is 0 Å². The second-order valence-electron chi connectivity index (χ2n) is 4.50. The van der Waals surface area contributed by atoms with Gasteiger partial charge >= 0.3 is 0 Å². The van der Waals surface area contributed by atoms with E-state index in [1.165, 1.54) is 6.33 Å². The number of benzene rings is 1. The number of imidazole rings is 1. The minimum absolute atomic E-state index is 0.172. The van der Waals surface area contributed by atoms with Crippen LogP contribution in [0.2, 0.25) is 5.02 Å². The highest BCUT2D eigenvalue weighted by Crippen LogP contribution is 2.22. The lowest BCUT2D eigenvalue weighted by molar-refractivity contribution is -0.118. The first-order valence-corrected chi connectivity index (χ1v) is 7.08. The van der Waals surface area contributed by atoms with Gasteiger partial charge in [0.2, 0.25) is 0 Å². The van der Waals surface area contributed by atoms with Gasteiger partial charge in [-0.25, -0.2) is 15.0 Å². The van der Waals surface area contributed by atoms with Crippen molar-refractivity contribution in [2.75, 3.05) is 11.9 Å². The molecule has 2 aromatic heterocycles. The Morgan fingerprint density at radius 3 is 2.96 bits per heavy atom. The van der Waals surface area contributed by atoms with E-state index in [0.717, 1.165) is 0 Å². The molecule has 2 heterocycles. The van der Waals surface area contributed by atoms with Crippen LogP contribution >= 0.6 is 11.6 Å². The van der Waals surface area contributed by atoms with Crippen molar-refractivity contribution in [2.24, 2.45) is 0 Å². The molecule has 0 fully saturated rings. The minimum Gasteiger partial charge on any atom is -0.482 e. The number of ether oxygens (including phenoxy) is 1. The quantitative estimate of drug-likeness (QED) is 0.777. The van der Waals surface area contributed by atoms with E-state index in [1.54, 1.807) is 53.6 Å². The highest BCUT2D eigenvalue weighted by molar-refractivity contribution is 6.32. The molecule has 0 saturated heterocycles. The Bertz CT molecular complexity index is 807. The van der Waals surface area contributed by atoms with Crippen molar-refractivity contribution in [2.45, 2.75) is 0 Å². The summed E-state index contributed by atoms with van der Waals surface area (Å²) in [6.07, 6.45) is 6.35. The molecule has 0 aliphatic rings. The van der Waals surface area contributed by atoms with Gasteiger partial charge in [-0.3, -0.25) is 9.36 Å². The first-order valence-electron chi connectivity index (χ1n) is 6.70. The maximum absolute atomic E-state index is 11.9. The first-order chi connectivity index (χ1) is 11.2. The minimum atomic E-state index is -0.347. The van der Waals surface area contributed by atoms with Gasteiger partial charge in [0.1, 0.15) is 30.0 Å². The third kappa shape index (κ3) is 3.83. The molecule has 3 aromatic rings. The number of para-hydroxylation sites is 1. The average molecular weight is 330 g/mol. The normalized spacial score (nSPS) is 10.3. The Labute approximate surface area is 136 Å². The Morgan fingerprint density at radius 2 is 2.17 bits per heavy atom. The lowest BCUT2D eigenvalue weighted by Gasteiger charge is -2.08. The van der Waals surface area contributed by atoms with Gasteiger partial charge in [-0.1, -0.05) is 23.7 Å². The van der Waals surface area contributed by atoms with Gasteiger partial charge in [0.05, 0.1) is 5.02 Å². The number of carbonyl (C=O) groups excluding carboxylic acids is 1. The van der Waals surface area contributed by atoms with Gasteiger partial charge < -0.3 is 10.1 Å². The number of halogens is 1. The number of aromatic nitrogens is 4. The van der Waals surface area contributed by atoms with Crippen LogP contribution in [0.15, 0.2) is 55.4 Å². The zero-order valence-corrected chi connectivity index (χ0v) is 12.6. The van der Waals surface area contributed by atoms with Crippen LogP contribution in [0.1, 0.15) is 0 Å². The molecule has 1 N–H and O–H groups in total. The van der Waals surface area contributed by atoms with E-state index in [2.05, 4.69) is 20.3 Å². The van der Waals surface area contributed by atoms with Gasteiger partial charge in [0, 0.05) is 18.5 Å². The van der Waals surface area contributed by atoms with Crippen LogP contribution in [0, 0.1) is 0 Å². The smallest absolute Gasteiger partial charge is 0.263 e. The first kappa shape index (κ1) is 15.0. The van der Waals surface area contributed by atoms with Gasteiger partial charge in [-0.05, 0) is 12.1 Å². The standard InChI is InChI=1S/C15H12ClN5O2/c16-11-3-1-2-4-12(11)23-8-15(22)20-13-7-14(19-9-18-13)21-6-5-17-10-21/h1-7,9-10H,8H2,(H,18,19,20,22). The lowest BCUT2D eigenvalue weighted by atomic mass is 10.3. The number of anilines is 1. The molecular weight excluding hydrogens is 318 g/mol. The molecule has 23 heavy (non-hydrogen) atoms. The summed E-state index contributed by atoms with van der Waals surface area (Å²) in [5.41, 5.74) is 0. The van der Waals surface area contributed by atoms with Crippen molar-refractivity contribution in [1.82, 2.24) is 19.5 Å². The van der Waals surface area contributed by atoms with E-state index in [0.29, 0.717) is 22.4 Å². The third-order valence-corrected chi connectivity index (χ3v) is 3.20. The molecule has 8 heteroatoms. The van der Waals surface area contributed by atoms with Gasteiger partial charge in [0.25, 0.3) is 5.91 Å². The molecule has 0 spiro atoms. The molecule has 0 aliphatic heterocycles. The Kier molecular flexibility index (Phi) is 4.49. The molecule has 116 valence electrons. The molecule has 1 amide bonds. The molecule has 0 unspecified atom stereocenters. The summed E-state index contributed by atoms with van der Waals surface area (Å²) in [6, 6.07) is 8.58. The van der Waals surface area contributed by atoms with Crippen LogP contribution in [0.4, 0.5) is 5.82 Å². The second-order valence-corrected chi connectivity index (χ2v) is 4.91. The van der Waals surface area contributed by atoms with Crippen molar-refractivity contribution in [3.63, 3.8) is 0 Å². The molecule has 0 radical (unpaired) electrons. The lowest BCUT2D eigenvalue weighted by Crippen LogP contribution is -2.21. The fraction of sp³-hybridized carbons (Fsp3) is 0.0667. The number of nitrogens with zero attached hydrogens (tertiary/aromatic N) is 4. The molecule has 0 aliphatic carbocycles. The van der Waals surface area contributed by atoms with Crippen LogP contribution in [0.5, 0.6) is 5.75 Å². The van der Waals surface area contributed by atoms with Crippen LogP contribution in [0.3, 0.4) is 0 Å². The molecule has 0 bridgehead atoms. The van der Waals surface area contributed by atoms with Crippen molar-refractivity contribution in [1.29, 1.82) is 0 Å². The van der Waals surface area contributed by atoms with Gasteiger partial charge in [-0.2, -0.15) is 0 Å². The van der Waals surface area contributed by atoms with E-state index < -0.39 is 0 Å². The molecule has 0 saturated carbocycles. The molecule has 7 nitrogen and oxygen atoms in total. The maximum atomic E-state index is 11.9. The average Bonchev–Trinajstić information content (AvgIpc) is 3.09. The summed E-state index contributed by atoms with van der Waals surface area (Å²) in [6.45, 7) is -0.172. The van der Waals surface area contributed by atoms with E-state index in [4.69, 9.17) is 16.3 Å². The van der Waals surface area contributed by atoms with Crippen molar-refractivity contribution in [3.05, 3.63) is 60.4 Å². The molecule has 1 aromatic carbocycles. The summed E-state index contributed by atoms with van der Waals surface area (Å²) in [5, 5.41) is 3.09. The highest BCUT2D eigenvalue weighted by atomic mass is 35.5. The molecular formula is C15H12ClN5O2. The largest absolute Gasteiger partial charge is 0.482 e. The number of hydrogen-bond donors (Lipinski definition) is 1. The van der Waals surface area contributed by atoms with Crippen molar-refractivity contribution >= 4 is 23.3 Å². The molecule has 3 rings (SSSR count). The monoisotopic (exact) mass is 329 g/mol. The number of hydrogen-bond acceptors (Lipinski definition) is 5. The number of carbonyl (C=O) groups is 1. The van der Waals surface area contributed by atoms with E-state index >= 15 is 0 Å². The second kappa shape index (κ2) is 6.89. The number of amides is 1. The zero-order chi connectivity index (χ0) is 16.1. The van der Waals surface area contributed by atoms with Gasteiger partial charge in [0.15, 0.2) is 6.61 Å². The van der Waals surface area contributed by atoms with Crippen LogP contribution in [0.25, 0.3) is 5.82 Å². The van der Waals surface area contributed by atoms with Crippen LogP contribution in [-0.2, 0) is 4.79 Å². The summed E-state index contributed by atoms with van der Waals surface area (Å²) in [5.74, 6) is 1.07. The fourth-order valence-corrected chi connectivity index (χ4v) is 2.03. The number of nitrogens with one attached hydrogen (secondary N) is 1. The fourth-order valence-electron chi connectivity index (χ4n) is 1.84. The molecule has 0 atom stereocenters. The van der Waals surface area contributed by atoms with E-state index in [9.17, 15) is 4.79 Å². The summed E-state index contributed by atoms with van der Waals surface area (Å²) in [7, 11) is 0.